The lowest BCUT2D eigenvalue weighted by molar-refractivity contribution is 0.480. The molecule has 3 rings (SSSR count). The normalized spacial score (nSPS) is 33.0. The van der Waals surface area contributed by atoms with Crippen molar-refractivity contribution >= 4 is 0 Å². The van der Waals surface area contributed by atoms with Gasteiger partial charge < -0.3 is 5.73 Å². The second kappa shape index (κ2) is 4.05. The third kappa shape index (κ3) is 1.86. The van der Waals surface area contributed by atoms with Crippen LogP contribution in [0, 0.1) is 29.4 Å². The average Bonchev–Trinajstić information content (AvgIpc) is 3.05. The van der Waals surface area contributed by atoms with Gasteiger partial charge in [-0.1, -0.05) is 12.8 Å². The van der Waals surface area contributed by atoms with Gasteiger partial charge in [-0.25, -0.2) is 8.78 Å². The molecule has 2 saturated carbocycles. The van der Waals surface area contributed by atoms with E-state index in [4.69, 9.17) is 5.73 Å². The van der Waals surface area contributed by atoms with Gasteiger partial charge in [-0.05, 0) is 48.8 Å². The van der Waals surface area contributed by atoms with Gasteiger partial charge in [0.15, 0.2) is 0 Å². The van der Waals surface area contributed by atoms with Gasteiger partial charge in [-0.3, -0.25) is 0 Å². The van der Waals surface area contributed by atoms with Crippen molar-refractivity contribution in [2.24, 2.45) is 23.5 Å². The summed E-state index contributed by atoms with van der Waals surface area (Å²) in [6.45, 7) is 0. The highest BCUT2D eigenvalue weighted by Gasteiger charge is 2.53. The zero-order chi connectivity index (χ0) is 12.0. The highest BCUT2D eigenvalue weighted by Crippen LogP contribution is 2.59. The summed E-state index contributed by atoms with van der Waals surface area (Å²) < 4.78 is 26.8. The first-order valence-electron chi connectivity index (χ1n) is 6.39. The van der Waals surface area contributed by atoms with Gasteiger partial charge >= 0.3 is 0 Å². The van der Waals surface area contributed by atoms with Crippen LogP contribution >= 0.6 is 0 Å². The molecule has 92 valence electrons. The quantitative estimate of drug-likeness (QED) is 0.838. The van der Waals surface area contributed by atoms with Gasteiger partial charge in [0.2, 0.25) is 0 Å². The van der Waals surface area contributed by atoms with E-state index in [0.29, 0.717) is 23.3 Å². The van der Waals surface area contributed by atoms with Crippen LogP contribution in [0.25, 0.3) is 0 Å². The zero-order valence-corrected chi connectivity index (χ0v) is 9.70. The Hall–Kier alpha value is -0.960. The molecule has 0 heterocycles. The Morgan fingerprint density at radius 3 is 2.41 bits per heavy atom. The molecule has 1 aromatic rings. The van der Waals surface area contributed by atoms with Crippen LogP contribution in [0.3, 0.4) is 0 Å². The Bertz CT molecular complexity index is 420. The molecule has 1 nitrogen and oxygen atoms in total. The molecule has 0 radical (unpaired) electrons. The number of rotatable bonds is 2. The number of benzene rings is 1. The molecule has 3 unspecified atom stereocenters. The van der Waals surface area contributed by atoms with Crippen molar-refractivity contribution in [1.82, 2.24) is 0 Å². The monoisotopic (exact) mass is 237 g/mol. The molecular weight excluding hydrogens is 220 g/mol. The highest BCUT2D eigenvalue weighted by atomic mass is 19.1. The minimum absolute atomic E-state index is 0.334. The topological polar surface area (TPSA) is 26.0 Å². The van der Waals surface area contributed by atoms with Crippen LogP contribution in [0.15, 0.2) is 18.2 Å². The number of fused-ring (bicyclic) bond motifs is 1. The van der Waals surface area contributed by atoms with Crippen molar-refractivity contribution in [3.63, 3.8) is 0 Å². The van der Waals surface area contributed by atoms with Crippen molar-refractivity contribution < 1.29 is 8.78 Å². The Balaban J connectivity index is 1.82. The van der Waals surface area contributed by atoms with Gasteiger partial charge in [0.05, 0.1) is 0 Å². The smallest absolute Gasteiger partial charge is 0.128 e. The molecule has 2 fully saturated rings. The summed E-state index contributed by atoms with van der Waals surface area (Å²) >= 11 is 0. The van der Waals surface area contributed by atoms with Crippen LogP contribution in [-0.4, -0.2) is 0 Å². The first-order valence-corrected chi connectivity index (χ1v) is 6.39. The highest BCUT2D eigenvalue weighted by molar-refractivity contribution is 5.25. The summed E-state index contributed by atoms with van der Waals surface area (Å²) in [6, 6.07) is 3.24. The van der Waals surface area contributed by atoms with Crippen LogP contribution in [-0.2, 0) is 0 Å². The van der Waals surface area contributed by atoms with Crippen molar-refractivity contribution in [1.29, 1.82) is 0 Å². The Labute approximate surface area is 100 Å². The summed E-state index contributed by atoms with van der Waals surface area (Å²) in [6.07, 6.45) is 4.94. The van der Waals surface area contributed by atoms with E-state index < -0.39 is 5.82 Å². The third-order valence-corrected chi connectivity index (χ3v) is 4.45. The van der Waals surface area contributed by atoms with Crippen LogP contribution in [0.5, 0.6) is 0 Å². The van der Waals surface area contributed by atoms with Gasteiger partial charge in [0.1, 0.15) is 11.6 Å². The second-order valence-corrected chi connectivity index (χ2v) is 5.38. The average molecular weight is 237 g/mol. The van der Waals surface area contributed by atoms with Crippen LogP contribution in [0.4, 0.5) is 8.78 Å². The van der Waals surface area contributed by atoms with Crippen molar-refractivity contribution in [2.45, 2.75) is 31.7 Å². The van der Waals surface area contributed by atoms with E-state index in [2.05, 4.69) is 0 Å². The van der Waals surface area contributed by atoms with Crippen molar-refractivity contribution in [3.05, 3.63) is 35.4 Å². The maximum Gasteiger partial charge on any atom is 0.128 e. The molecule has 0 bridgehead atoms. The number of hydrogen-bond donors (Lipinski definition) is 1. The van der Waals surface area contributed by atoms with E-state index in [1.54, 1.807) is 0 Å². The maximum atomic E-state index is 13.6. The molecular formula is C14H17F2N. The minimum Gasteiger partial charge on any atom is -0.324 e. The fourth-order valence-electron chi connectivity index (χ4n) is 3.56. The van der Waals surface area contributed by atoms with E-state index >= 15 is 0 Å². The molecule has 0 aromatic heterocycles. The fraction of sp³-hybridized carbons (Fsp3) is 0.571. The van der Waals surface area contributed by atoms with Gasteiger partial charge in [0.25, 0.3) is 0 Å². The van der Waals surface area contributed by atoms with Crippen molar-refractivity contribution in [3.8, 4) is 0 Å². The molecule has 2 aliphatic carbocycles. The van der Waals surface area contributed by atoms with E-state index in [9.17, 15) is 8.78 Å². The fourth-order valence-corrected chi connectivity index (χ4v) is 3.56. The number of halogens is 2. The molecule has 0 saturated heterocycles. The first kappa shape index (κ1) is 11.1. The summed E-state index contributed by atoms with van der Waals surface area (Å²) in [7, 11) is 0. The number of hydrogen-bond acceptors (Lipinski definition) is 1. The second-order valence-electron chi connectivity index (χ2n) is 5.38. The van der Waals surface area contributed by atoms with Gasteiger partial charge in [-0.15, -0.1) is 0 Å². The van der Waals surface area contributed by atoms with E-state index in [1.807, 2.05) is 0 Å². The predicted octanol–water partition coefficient (Wildman–Crippen LogP) is 3.40. The van der Waals surface area contributed by atoms with Crippen LogP contribution < -0.4 is 5.73 Å². The summed E-state index contributed by atoms with van der Waals surface area (Å²) in [5.41, 5.74) is 6.47. The van der Waals surface area contributed by atoms with Crippen LogP contribution in [0.2, 0.25) is 0 Å². The SMILES string of the molecule is NC(c1cc(F)ccc1F)C1C2CCCCC21. The van der Waals surface area contributed by atoms with E-state index in [1.165, 1.54) is 37.8 Å². The molecule has 2 N–H and O–H groups in total. The molecule has 17 heavy (non-hydrogen) atoms. The van der Waals surface area contributed by atoms with E-state index in [0.717, 1.165) is 6.07 Å². The lowest BCUT2D eigenvalue weighted by atomic mass is 10.00. The zero-order valence-electron chi connectivity index (χ0n) is 9.70. The summed E-state index contributed by atoms with van der Waals surface area (Å²) in [4.78, 5) is 0. The first-order chi connectivity index (χ1) is 8.18. The Morgan fingerprint density at radius 2 is 1.76 bits per heavy atom. The molecule has 0 aliphatic heterocycles. The van der Waals surface area contributed by atoms with Gasteiger partial charge in [0, 0.05) is 11.6 Å². The third-order valence-electron chi connectivity index (χ3n) is 4.45. The van der Waals surface area contributed by atoms with Crippen molar-refractivity contribution in [2.75, 3.05) is 0 Å². The molecule has 3 heteroatoms. The lowest BCUT2D eigenvalue weighted by Crippen LogP contribution is -2.16. The molecule has 3 atom stereocenters. The minimum atomic E-state index is -0.402. The molecule has 2 aliphatic rings. The molecule has 0 spiro atoms. The largest absolute Gasteiger partial charge is 0.324 e. The predicted molar refractivity (Wildman–Crippen MR) is 62.2 cm³/mol. The van der Waals surface area contributed by atoms with Crippen LogP contribution in [0.1, 0.15) is 37.3 Å². The molecule has 0 amide bonds. The maximum absolute atomic E-state index is 13.6. The van der Waals surface area contributed by atoms with E-state index in [-0.39, 0.29) is 11.9 Å². The van der Waals surface area contributed by atoms with Gasteiger partial charge in [-0.2, -0.15) is 0 Å². The molecule has 1 aromatic carbocycles. The standard InChI is InChI=1S/C14H17F2N/c15-8-5-6-12(16)11(7-8)14(17)13-9-3-1-2-4-10(9)13/h5-7,9-10,13-14H,1-4,17H2. The lowest BCUT2D eigenvalue weighted by Gasteiger charge is -2.13. The Morgan fingerprint density at radius 1 is 1.12 bits per heavy atom. The summed E-state index contributed by atoms with van der Waals surface area (Å²) in [5.74, 6) is 0.902. The Kier molecular flexibility index (Phi) is 2.66. The number of nitrogens with two attached hydrogens (primary N) is 1. The summed E-state index contributed by atoms with van der Waals surface area (Å²) in [5, 5.41) is 0.